The zero-order valence-electron chi connectivity index (χ0n) is 15.5. The molecule has 3 N–H and O–H groups in total. The molecule has 1 aliphatic rings. The molecule has 0 heterocycles. The Bertz CT molecular complexity index is 629. The van der Waals surface area contributed by atoms with E-state index in [9.17, 15) is 4.79 Å². The van der Waals surface area contributed by atoms with Crippen LogP contribution in [0.1, 0.15) is 31.2 Å². The molecule has 0 saturated heterocycles. The number of nitrogens with one attached hydrogen (secondary N) is 3. The first-order valence-electron chi connectivity index (χ1n) is 8.57. The van der Waals surface area contributed by atoms with Gasteiger partial charge < -0.3 is 16.0 Å². The molecule has 1 amide bonds. The summed E-state index contributed by atoms with van der Waals surface area (Å²) in [5.74, 6) is 0.774. The van der Waals surface area contributed by atoms with Crippen LogP contribution in [0.25, 0.3) is 0 Å². The number of hydrogen-bond acceptors (Lipinski definition) is 3. The summed E-state index contributed by atoms with van der Waals surface area (Å²) in [7, 11) is 1.77. The van der Waals surface area contributed by atoms with Crippen molar-refractivity contribution < 1.29 is 4.79 Å². The van der Waals surface area contributed by atoms with Gasteiger partial charge in [-0.05, 0) is 56.2 Å². The van der Waals surface area contributed by atoms with E-state index in [0.29, 0.717) is 19.0 Å². The van der Waals surface area contributed by atoms with Gasteiger partial charge in [-0.15, -0.1) is 24.0 Å². The third kappa shape index (κ3) is 7.64. The van der Waals surface area contributed by atoms with Crippen LogP contribution in [0.3, 0.4) is 0 Å². The molecular formula is C18H28BrIN4OS. The molecule has 146 valence electrons. The number of rotatable bonds is 6. The van der Waals surface area contributed by atoms with Gasteiger partial charge in [-0.2, -0.15) is 11.8 Å². The minimum Gasteiger partial charge on any atom is -0.356 e. The first-order chi connectivity index (χ1) is 12.0. The second kappa shape index (κ2) is 12.1. The number of guanidine groups is 1. The number of aryl methyl sites for hydroxylation is 1. The van der Waals surface area contributed by atoms with Crippen molar-refractivity contribution in [3.8, 4) is 0 Å². The van der Waals surface area contributed by atoms with Gasteiger partial charge in [0.05, 0.1) is 0 Å². The summed E-state index contributed by atoms with van der Waals surface area (Å²) in [4.78, 5) is 16.4. The number of halogens is 2. The van der Waals surface area contributed by atoms with Gasteiger partial charge in [-0.25, -0.2) is 0 Å². The molecule has 2 atom stereocenters. The van der Waals surface area contributed by atoms with Crippen LogP contribution in [0.15, 0.2) is 27.7 Å². The fourth-order valence-corrected chi connectivity index (χ4v) is 4.22. The summed E-state index contributed by atoms with van der Waals surface area (Å²) < 4.78 is 1.01. The van der Waals surface area contributed by atoms with Gasteiger partial charge in [-0.1, -0.05) is 15.9 Å². The lowest BCUT2D eigenvalue weighted by Crippen LogP contribution is -2.43. The molecule has 0 spiro atoms. The number of hydrogen-bond donors (Lipinski definition) is 3. The summed E-state index contributed by atoms with van der Waals surface area (Å²) in [6.45, 7) is 2.54. The number of anilines is 1. The van der Waals surface area contributed by atoms with Crippen molar-refractivity contribution in [3.63, 3.8) is 0 Å². The lowest BCUT2D eigenvalue weighted by Gasteiger charge is -2.17. The maximum Gasteiger partial charge on any atom is 0.226 e. The zero-order valence-corrected chi connectivity index (χ0v) is 20.2. The average molecular weight is 555 g/mol. The molecule has 5 nitrogen and oxygen atoms in total. The third-order valence-electron chi connectivity index (χ3n) is 4.39. The molecule has 1 aromatic carbocycles. The van der Waals surface area contributed by atoms with Gasteiger partial charge in [0.1, 0.15) is 0 Å². The molecule has 1 fully saturated rings. The van der Waals surface area contributed by atoms with Gasteiger partial charge in [0.25, 0.3) is 0 Å². The Morgan fingerprint density at radius 2 is 2.15 bits per heavy atom. The largest absolute Gasteiger partial charge is 0.356 e. The van der Waals surface area contributed by atoms with E-state index in [2.05, 4.69) is 43.1 Å². The zero-order chi connectivity index (χ0) is 18.2. The van der Waals surface area contributed by atoms with Gasteiger partial charge >= 0.3 is 0 Å². The second-order valence-electron chi connectivity index (χ2n) is 6.27. The van der Waals surface area contributed by atoms with E-state index in [-0.39, 0.29) is 29.9 Å². The predicted octanol–water partition coefficient (Wildman–Crippen LogP) is 4.15. The van der Waals surface area contributed by atoms with E-state index in [4.69, 9.17) is 0 Å². The average Bonchev–Trinajstić information content (AvgIpc) is 3.04. The number of carbonyl (C=O) groups excluding carboxylic acids is 1. The Morgan fingerprint density at radius 3 is 2.77 bits per heavy atom. The molecule has 1 aliphatic carbocycles. The molecule has 0 radical (unpaired) electrons. The number of aliphatic imine (C=N–C) groups is 1. The number of thioether (sulfide) groups is 1. The molecular weight excluding hydrogens is 527 g/mol. The summed E-state index contributed by atoms with van der Waals surface area (Å²) in [6, 6.07) is 6.30. The molecule has 1 aromatic rings. The number of nitrogens with zero attached hydrogens (tertiary/aromatic N) is 1. The molecule has 2 unspecified atom stereocenters. The highest BCUT2D eigenvalue weighted by Crippen LogP contribution is 2.28. The smallest absolute Gasteiger partial charge is 0.226 e. The van der Waals surface area contributed by atoms with E-state index < -0.39 is 0 Å². The van der Waals surface area contributed by atoms with Crippen molar-refractivity contribution in [2.45, 2.75) is 43.9 Å². The Morgan fingerprint density at radius 1 is 1.38 bits per heavy atom. The van der Waals surface area contributed by atoms with Crippen LogP contribution >= 0.6 is 51.7 Å². The van der Waals surface area contributed by atoms with E-state index in [1.165, 1.54) is 19.3 Å². The van der Waals surface area contributed by atoms with E-state index in [0.717, 1.165) is 26.9 Å². The number of carbonyl (C=O) groups is 1. The molecule has 0 aliphatic heterocycles. The normalized spacial score (nSPS) is 19.6. The van der Waals surface area contributed by atoms with Crippen molar-refractivity contribution in [1.82, 2.24) is 10.6 Å². The van der Waals surface area contributed by atoms with Crippen LogP contribution in [0.5, 0.6) is 0 Å². The van der Waals surface area contributed by atoms with Crippen LogP contribution in [-0.2, 0) is 4.79 Å². The van der Waals surface area contributed by atoms with E-state index >= 15 is 0 Å². The highest BCUT2D eigenvalue weighted by atomic mass is 127. The minimum atomic E-state index is -0.00307. The Hall–Kier alpha value is -0.480. The second-order valence-corrected chi connectivity index (χ2v) is 8.32. The predicted molar refractivity (Wildman–Crippen MR) is 127 cm³/mol. The maximum atomic E-state index is 12.1. The number of amides is 1. The summed E-state index contributed by atoms with van der Waals surface area (Å²) in [6.07, 6.45) is 6.17. The summed E-state index contributed by atoms with van der Waals surface area (Å²) in [5.41, 5.74) is 1.89. The summed E-state index contributed by atoms with van der Waals surface area (Å²) in [5, 5.41) is 10.4. The fourth-order valence-electron chi connectivity index (χ4n) is 2.95. The van der Waals surface area contributed by atoms with Crippen LogP contribution < -0.4 is 16.0 Å². The third-order valence-corrected chi connectivity index (χ3v) is 5.98. The Kier molecular flexibility index (Phi) is 10.9. The minimum absolute atomic E-state index is 0. The fraction of sp³-hybridized carbons (Fsp3) is 0.556. The number of benzene rings is 1. The molecule has 2 rings (SSSR count). The highest BCUT2D eigenvalue weighted by Gasteiger charge is 2.24. The van der Waals surface area contributed by atoms with E-state index in [1.807, 2.05) is 36.9 Å². The monoisotopic (exact) mass is 554 g/mol. The van der Waals surface area contributed by atoms with E-state index in [1.54, 1.807) is 7.05 Å². The van der Waals surface area contributed by atoms with Gasteiger partial charge in [0.2, 0.25) is 5.91 Å². The molecule has 1 saturated carbocycles. The van der Waals surface area contributed by atoms with Crippen LogP contribution in [-0.4, -0.2) is 43.0 Å². The molecule has 0 bridgehead atoms. The summed E-state index contributed by atoms with van der Waals surface area (Å²) >= 11 is 5.37. The molecule has 0 aromatic heterocycles. The lowest BCUT2D eigenvalue weighted by molar-refractivity contribution is -0.116. The SMILES string of the molecule is CN=C(NCCC(=O)Nc1ccc(Br)cc1C)NC1CCC(SC)C1.I. The van der Waals surface area contributed by atoms with Gasteiger partial charge in [-0.3, -0.25) is 9.79 Å². The quantitative estimate of drug-likeness (QED) is 0.281. The van der Waals surface area contributed by atoms with Crippen LogP contribution in [0, 0.1) is 6.92 Å². The van der Waals surface area contributed by atoms with Crippen molar-refractivity contribution in [3.05, 3.63) is 28.2 Å². The van der Waals surface area contributed by atoms with Crippen LogP contribution in [0.2, 0.25) is 0 Å². The topological polar surface area (TPSA) is 65.5 Å². The standard InChI is InChI=1S/C18H27BrN4OS.HI/c1-12-10-13(19)4-7-16(12)23-17(24)8-9-21-18(20-2)22-14-5-6-15(11-14)25-3;/h4,7,10,14-15H,5-6,8-9,11H2,1-3H3,(H,23,24)(H2,20,21,22);1H. The van der Waals surface area contributed by atoms with Crippen LogP contribution in [0.4, 0.5) is 5.69 Å². The highest BCUT2D eigenvalue weighted by molar-refractivity contribution is 14.0. The first kappa shape index (κ1) is 23.6. The molecule has 8 heteroatoms. The Labute approximate surface area is 186 Å². The first-order valence-corrected chi connectivity index (χ1v) is 10.7. The van der Waals surface area contributed by atoms with Gasteiger partial charge in [0, 0.05) is 41.5 Å². The van der Waals surface area contributed by atoms with Crippen molar-refractivity contribution in [1.29, 1.82) is 0 Å². The maximum absolute atomic E-state index is 12.1. The van der Waals surface area contributed by atoms with Crippen molar-refractivity contribution >= 4 is 69.2 Å². The Balaban J connectivity index is 0.00000338. The molecule has 26 heavy (non-hydrogen) atoms. The van der Waals surface area contributed by atoms with Crippen molar-refractivity contribution in [2.75, 3.05) is 25.2 Å². The van der Waals surface area contributed by atoms with Gasteiger partial charge in [0.15, 0.2) is 5.96 Å². The lowest BCUT2D eigenvalue weighted by atomic mass is 10.2. The van der Waals surface area contributed by atoms with Crippen molar-refractivity contribution in [2.24, 2.45) is 4.99 Å².